The standard InChI is InChI=1S/C17H25N2/c1-2-4-6-10-15-14-19(18-13-9-5-3-1)17-12-8-7-11-16(15)17/h7-8,11-12,14-15,18H,1-6,9-10,13H2/q+1. The fraction of sp³-hybridized carbons (Fsp3) is 0.588. The summed E-state index contributed by atoms with van der Waals surface area (Å²) in [6, 6.07) is 8.86. The van der Waals surface area contributed by atoms with Gasteiger partial charge in [-0.1, -0.05) is 61.4 Å². The molecule has 0 aromatic heterocycles. The average Bonchev–Trinajstić information content (AvgIpc) is 2.80. The number of hydrogen-bond donors (Lipinski definition) is 1. The van der Waals surface area contributed by atoms with Crippen LogP contribution in [-0.2, 0) is 0 Å². The van der Waals surface area contributed by atoms with Gasteiger partial charge in [0.1, 0.15) is 0 Å². The summed E-state index contributed by atoms with van der Waals surface area (Å²) in [7, 11) is 0. The summed E-state index contributed by atoms with van der Waals surface area (Å²) in [6.45, 7) is 1.09. The first-order chi connectivity index (χ1) is 9.45. The maximum absolute atomic E-state index is 3.58. The van der Waals surface area contributed by atoms with Gasteiger partial charge in [0.2, 0.25) is 5.69 Å². The highest BCUT2D eigenvalue weighted by Gasteiger charge is 2.30. The summed E-state index contributed by atoms with van der Waals surface area (Å²) >= 11 is 0. The SMILES string of the molecule is C1=[N+]2NCCCCCCCCCC1c1ccccc12. The number of hydrazone groups is 1. The van der Waals surface area contributed by atoms with Crippen molar-refractivity contribution >= 4 is 11.9 Å². The van der Waals surface area contributed by atoms with Crippen LogP contribution in [0.3, 0.4) is 0 Å². The first-order valence-electron chi connectivity index (χ1n) is 7.92. The Labute approximate surface area is 116 Å². The number of fused-ring (bicyclic) bond motifs is 4. The number of para-hydroxylation sites is 1. The highest BCUT2D eigenvalue weighted by Crippen LogP contribution is 2.33. The lowest BCUT2D eigenvalue weighted by Crippen LogP contribution is -2.25. The van der Waals surface area contributed by atoms with E-state index in [0.29, 0.717) is 5.92 Å². The number of hydrazine groups is 1. The molecule has 1 N–H and O–H groups in total. The maximum atomic E-state index is 3.58. The van der Waals surface area contributed by atoms with E-state index in [0.717, 1.165) is 6.54 Å². The molecule has 1 aromatic rings. The van der Waals surface area contributed by atoms with E-state index in [1.807, 2.05) is 0 Å². The molecular formula is C17H25N2+. The van der Waals surface area contributed by atoms with Crippen LogP contribution in [-0.4, -0.2) is 17.4 Å². The molecule has 0 radical (unpaired) electrons. The van der Waals surface area contributed by atoms with Crippen LogP contribution in [0.4, 0.5) is 5.69 Å². The van der Waals surface area contributed by atoms with Gasteiger partial charge in [-0.2, -0.15) is 5.43 Å². The topological polar surface area (TPSA) is 15.0 Å². The van der Waals surface area contributed by atoms with Crippen LogP contribution in [0.5, 0.6) is 0 Å². The quantitative estimate of drug-likeness (QED) is 0.690. The maximum Gasteiger partial charge on any atom is 0.238 e. The second-order valence-electron chi connectivity index (χ2n) is 5.86. The van der Waals surface area contributed by atoms with Crippen LogP contribution in [0.2, 0.25) is 0 Å². The predicted molar refractivity (Wildman–Crippen MR) is 80.1 cm³/mol. The number of rotatable bonds is 0. The van der Waals surface area contributed by atoms with Crippen LogP contribution in [0, 0.1) is 0 Å². The van der Waals surface area contributed by atoms with Crippen molar-refractivity contribution in [2.45, 2.75) is 57.3 Å². The van der Waals surface area contributed by atoms with Gasteiger partial charge >= 0.3 is 0 Å². The van der Waals surface area contributed by atoms with Crippen LogP contribution >= 0.6 is 0 Å². The van der Waals surface area contributed by atoms with Gasteiger partial charge in [0.15, 0.2) is 6.21 Å². The molecule has 1 unspecified atom stereocenters. The van der Waals surface area contributed by atoms with Crippen LogP contribution in [0.25, 0.3) is 0 Å². The minimum atomic E-state index is 0.615. The molecule has 19 heavy (non-hydrogen) atoms. The van der Waals surface area contributed by atoms with Gasteiger partial charge in [-0.05, 0) is 12.8 Å². The average molecular weight is 257 g/mol. The van der Waals surface area contributed by atoms with Gasteiger partial charge in [0.05, 0.1) is 12.5 Å². The molecule has 102 valence electrons. The van der Waals surface area contributed by atoms with E-state index in [9.17, 15) is 0 Å². The summed E-state index contributed by atoms with van der Waals surface area (Å²) < 4.78 is 2.28. The normalized spacial score (nSPS) is 24.2. The zero-order valence-electron chi connectivity index (χ0n) is 11.8. The van der Waals surface area contributed by atoms with Crippen molar-refractivity contribution in [3.63, 3.8) is 0 Å². The Balaban J connectivity index is 1.77. The first-order valence-corrected chi connectivity index (χ1v) is 7.92. The number of hydrogen-bond acceptors (Lipinski definition) is 1. The Morgan fingerprint density at radius 3 is 2.53 bits per heavy atom. The van der Waals surface area contributed by atoms with Gasteiger partial charge in [-0.15, -0.1) is 0 Å². The monoisotopic (exact) mass is 257 g/mol. The highest BCUT2D eigenvalue weighted by atomic mass is 15.4. The molecule has 0 fully saturated rings. The molecule has 0 saturated heterocycles. The van der Waals surface area contributed by atoms with Gasteiger partial charge in [-0.3, -0.25) is 0 Å². The summed E-state index contributed by atoms with van der Waals surface area (Å²) in [5.74, 6) is 0.615. The molecule has 2 aliphatic heterocycles. The molecule has 2 heterocycles. The molecule has 0 saturated carbocycles. The predicted octanol–water partition coefficient (Wildman–Crippen LogP) is 4.14. The van der Waals surface area contributed by atoms with Crippen molar-refractivity contribution < 1.29 is 4.68 Å². The summed E-state index contributed by atoms with van der Waals surface area (Å²) in [4.78, 5) is 0. The minimum absolute atomic E-state index is 0.615. The van der Waals surface area contributed by atoms with Crippen LogP contribution < -0.4 is 5.43 Å². The van der Waals surface area contributed by atoms with Crippen molar-refractivity contribution in [1.82, 2.24) is 5.43 Å². The molecule has 0 spiro atoms. The third kappa shape index (κ3) is 2.99. The van der Waals surface area contributed by atoms with Gasteiger partial charge in [0.25, 0.3) is 0 Å². The van der Waals surface area contributed by atoms with E-state index in [1.54, 1.807) is 0 Å². The minimum Gasteiger partial charge on any atom is -0.193 e. The van der Waals surface area contributed by atoms with E-state index in [1.165, 1.54) is 62.6 Å². The van der Waals surface area contributed by atoms with E-state index >= 15 is 0 Å². The zero-order valence-corrected chi connectivity index (χ0v) is 11.8. The Kier molecular flexibility index (Phi) is 4.16. The van der Waals surface area contributed by atoms with Gasteiger partial charge in [-0.25, -0.2) is 0 Å². The Morgan fingerprint density at radius 1 is 0.895 bits per heavy atom. The lowest BCUT2D eigenvalue weighted by atomic mass is 9.95. The molecule has 3 rings (SSSR count). The molecule has 1 aromatic carbocycles. The Hall–Kier alpha value is -1.31. The number of nitrogens with zero attached hydrogens (tertiary/aromatic N) is 1. The van der Waals surface area contributed by atoms with E-state index < -0.39 is 0 Å². The van der Waals surface area contributed by atoms with Crippen LogP contribution in [0.15, 0.2) is 24.3 Å². The molecule has 0 amide bonds. The smallest absolute Gasteiger partial charge is 0.193 e. The van der Waals surface area contributed by atoms with E-state index in [4.69, 9.17) is 0 Å². The highest BCUT2D eigenvalue weighted by molar-refractivity contribution is 5.72. The molecule has 2 bridgehead atoms. The van der Waals surface area contributed by atoms with Gasteiger partial charge < -0.3 is 0 Å². The van der Waals surface area contributed by atoms with E-state index in [-0.39, 0.29) is 0 Å². The third-order valence-electron chi connectivity index (χ3n) is 4.40. The zero-order chi connectivity index (χ0) is 12.9. The number of nitrogens with one attached hydrogen (secondary N) is 1. The summed E-state index contributed by atoms with van der Waals surface area (Å²) in [5, 5.41) is 0. The van der Waals surface area contributed by atoms with Crippen molar-refractivity contribution in [1.29, 1.82) is 0 Å². The Bertz CT molecular complexity index is 450. The number of benzene rings is 1. The molecular weight excluding hydrogens is 232 g/mol. The van der Waals surface area contributed by atoms with E-state index in [2.05, 4.69) is 40.6 Å². The summed E-state index contributed by atoms with van der Waals surface area (Å²) in [5.41, 5.74) is 6.46. The largest absolute Gasteiger partial charge is 0.238 e. The van der Waals surface area contributed by atoms with Gasteiger partial charge in [0, 0.05) is 11.6 Å². The van der Waals surface area contributed by atoms with Crippen molar-refractivity contribution in [2.24, 2.45) is 0 Å². The third-order valence-corrected chi connectivity index (χ3v) is 4.40. The summed E-state index contributed by atoms with van der Waals surface area (Å²) in [6.07, 6.45) is 13.4. The lowest BCUT2D eigenvalue weighted by Gasteiger charge is -2.06. The molecule has 0 aliphatic carbocycles. The van der Waals surface area contributed by atoms with Crippen molar-refractivity contribution in [3.05, 3.63) is 29.8 Å². The van der Waals surface area contributed by atoms with Crippen molar-refractivity contribution in [3.8, 4) is 0 Å². The van der Waals surface area contributed by atoms with Crippen molar-refractivity contribution in [2.75, 3.05) is 6.54 Å². The molecule has 2 nitrogen and oxygen atoms in total. The van der Waals surface area contributed by atoms with Crippen LogP contribution in [0.1, 0.15) is 62.8 Å². The molecule has 2 aliphatic rings. The first kappa shape index (κ1) is 12.7. The molecule has 2 heteroatoms. The fourth-order valence-corrected chi connectivity index (χ4v) is 3.30. The molecule has 1 atom stereocenters. The Morgan fingerprint density at radius 2 is 1.63 bits per heavy atom. The second-order valence-corrected chi connectivity index (χ2v) is 5.86. The second kappa shape index (κ2) is 6.23. The lowest BCUT2D eigenvalue weighted by molar-refractivity contribution is -0.500. The fourth-order valence-electron chi connectivity index (χ4n) is 3.30.